The molecule has 1 unspecified atom stereocenters. The zero-order valence-corrected chi connectivity index (χ0v) is 24.8. The van der Waals surface area contributed by atoms with E-state index in [1.165, 1.54) is 116 Å². The molecular formula is C27H60O3P2. The molecule has 0 aliphatic carbocycles. The molecular weight excluding hydrogens is 434 g/mol. The van der Waals surface area contributed by atoms with Crippen molar-refractivity contribution in [1.29, 1.82) is 0 Å². The summed E-state index contributed by atoms with van der Waals surface area (Å²) in [5.41, 5.74) is 0. The Balaban J connectivity index is 0. The van der Waals surface area contributed by atoms with E-state index in [-0.39, 0.29) is 0 Å². The smallest absolute Gasteiger partial charge is 0.131 e. The molecule has 1 atom stereocenters. The highest BCUT2D eigenvalue weighted by Crippen LogP contribution is 2.57. The van der Waals surface area contributed by atoms with Crippen molar-refractivity contribution in [2.75, 3.05) is 38.9 Å². The maximum Gasteiger partial charge on any atom is 0.131 e. The summed E-state index contributed by atoms with van der Waals surface area (Å²) in [5, 5.41) is 0. The zero-order valence-electron chi connectivity index (χ0n) is 23.0. The molecule has 0 bridgehead atoms. The van der Waals surface area contributed by atoms with Crippen LogP contribution in [0, 0.1) is 0 Å². The van der Waals surface area contributed by atoms with E-state index in [0.717, 1.165) is 13.8 Å². The predicted molar refractivity (Wildman–Crippen MR) is 148 cm³/mol. The van der Waals surface area contributed by atoms with Crippen molar-refractivity contribution in [3.05, 3.63) is 0 Å². The lowest BCUT2D eigenvalue weighted by atomic mass is 10.1. The lowest BCUT2D eigenvalue weighted by molar-refractivity contribution is -0.194. The number of rotatable bonds is 22. The summed E-state index contributed by atoms with van der Waals surface area (Å²) in [5.74, 6) is 0. The first kappa shape index (κ1) is 34.7. The number of hydrogen-bond donors (Lipinski definition) is 0. The monoisotopic (exact) mass is 494 g/mol. The fourth-order valence-electron chi connectivity index (χ4n) is 4.16. The Kier molecular flexibility index (Phi) is 26.8. The van der Waals surface area contributed by atoms with Crippen molar-refractivity contribution in [3.63, 3.8) is 0 Å². The van der Waals surface area contributed by atoms with Gasteiger partial charge in [-0.25, -0.2) is 0 Å². The van der Waals surface area contributed by atoms with Crippen LogP contribution in [-0.4, -0.2) is 38.9 Å². The minimum Gasteiger partial charge on any atom is -0.779 e. The summed E-state index contributed by atoms with van der Waals surface area (Å²) >= 11 is 0. The van der Waals surface area contributed by atoms with Crippen molar-refractivity contribution in [2.24, 2.45) is 0 Å². The fraction of sp³-hybridized carbons (Fsp3) is 1.00. The van der Waals surface area contributed by atoms with Crippen LogP contribution in [0.5, 0.6) is 0 Å². The Morgan fingerprint density at radius 2 is 0.812 bits per heavy atom. The van der Waals surface area contributed by atoms with Crippen LogP contribution in [0.3, 0.4) is 0 Å². The molecule has 3 nitrogen and oxygen atoms in total. The quantitative estimate of drug-likeness (QED) is 0.111. The van der Waals surface area contributed by atoms with E-state index in [2.05, 4.69) is 32.0 Å². The molecule has 196 valence electrons. The average molecular weight is 495 g/mol. The second-order valence-electron chi connectivity index (χ2n) is 10.0. The Labute approximate surface area is 204 Å². The van der Waals surface area contributed by atoms with E-state index >= 15 is 0 Å². The first-order chi connectivity index (χ1) is 15.2. The van der Waals surface area contributed by atoms with Gasteiger partial charge in [0.1, 0.15) is 7.60 Å². The van der Waals surface area contributed by atoms with Gasteiger partial charge in [0.05, 0.1) is 18.5 Å². The van der Waals surface area contributed by atoms with Crippen molar-refractivity contribution >= 4 is 14.9 Å². The molecule has 0 aliphatic heterocycles. The van der Waals surface area contributed by atoms with Crippen LogP contribution in [0.4, 0.5) is 0 Å². The van der Waals surface area contributed by atoms with Gasteiger partial charge >= 0.3 is 0 Å². The minimum absolute atomic E-state index is 0.636. The molecule has 0 aromatic rings. The molecule has 0 amide bonds. The Bertz CT molecular complexity index is 369. The molecule has 0 aliphatic rings. The normalized spacial score (nSPS) is 13.5. The molecule has 0 heterocycles. The van der Waals surface area contributed by atoms with Gasteiger partial charge in [-0.05, 0) is 38.5 Å². The topological polar surface area (TPSA) is 49.4 Å². The third kappa shape index (κ3) is 28.6. The third-order valence-electron chi connectivity index (χ3n) is 6.49. The second-order valence-corrected chi connectivity index (χ2v) is 16.5. The van der Waals surface area contributed by atoms with Crippen molar-refractivity contribution in [2.45, 2.75) is 136 Å². The molecule has 0 aromatic carbocycles. The summed E-state index contributed by atoms with van der Waals surface area (Å²) in [6.45, 7) is 10.7. The van der Waals surface area contributed by atoms with E-state index in [9.17, 15) is 9.46 Å². The molecule has 5 heteroatoms. The SMILES string of the molecule is CCCCCCCC[P+](C)(CCCCCCCC)CCCCCCCC.COP(C)(=O)[O-]. The highest BCUT2D eigenvalue weighted by atomic mass is 31.2. The van der Waals surface area contributed by atoms with Crippen LogP contribution in [0.2, 0.25) is 0 Å². The molecule has 0 aromatic heterocycles. The van der Waals surface area contributed by atoms with Crippen LogP contribution in [0.15, 0.2) is 0 Å². The fourth-order valence-corrected chi connectivity index (χ4v) is 7.79. The Morgan fingerprint density at radius 1 is 0.594 bits per heavy atom. The van der Waals surface area contributed by atoms with Gasteiger partial charge < -0.3 is 14.0 Å². The largest absolute Gasteiger partial charge is 0.779 e. The summed E-state index contributed by atoms with van der Waals surface area (Å²) in [6, 6.07) is 0. The van der Waals surface area contributed by atoms with Crippen LogP contribution < -0.4 is 4.89 Å². The minimum atomic E-state index is -3.40. The van der Waals surface area contributed by atoms with Gasteiger partial charge in [-0.2, -0.15) is 0 Å². The average Bonchev–Trinajstić information content (AvgIpc) is 2.75. The molecule has 0 rings (SSSR count). The molecule has 0 N–H and O–H groups in total. The first-order valence-electron chi connectivity index (χ1n) is 13.9. The van der Waals surface area contributed by atoms with Crippen molar-refractivity contribution in [1.82, 2.24) is 0 Å². The molecule has 0 fully saturated rings. The van der Waals surface area contributed by atoms with Gasteiger partial charge in [0, 0.05) is 27.7 Å². The first-order valence-corrected chi connectivity index (χ1v) is 18.7. The zero-order chi connectivity index (χ0) is 24.6. The van der Waals surface area contributed by atoms with Crippen LogP contribution in [0.25, 0.3) is 0 Å². The van der Waals surface area contributed by atoms with Gasteiger partial charge in [0.15, 0.2) is 0 Å². The summed E-state index contributed by atoms with van der Waals surface area (Å²) in [7, 11) is -2.90. The van der Waals surface area contributed by atoms with Crippen molar-refractivity contribution in [3.8, 4) is 0 Å². The van der Waals surface area contributed by atoms with Crippen LogP contribution in [0.1, 0.15) is 136 Å². The number of hydrogen-bond acceptors (Lipinski definition) is 3. The molecule has 0 saturated heterocycles. The molecule has 0 spiro atoms. The lowest BCUT2D eigenvalue weighted by Gasteiger charge is -2.24. The summed E-state index contributed by atoms with van der Waals surface area (Å²) in [4.78, 5) is 9.81. The predicted octanol–water partition coefficient (Wildman–Crippen LogP) is 9.53. The van der Waals surface area contributed by atoms with Gasteiger partial charge in [-0.3, -0.25) is 0 Å². The second kappa shape index (κ2) is 24.7. The van der Waals surface area contributed by atoms with E-state index < -0.39 is 14.9 Å². The van der Waals surface area contributed by atoms with E-state index in [4.69, 9.17) is 0 Å². The summed E-state index contributed by atoms with van der Waals surface area (Å²) < 4.78 is 13.7. The van der Waals surface area contributed by atoms with Gasteiger partial charge in [-0.1, -0.05) is 97.8 Å². The standard InChI is InChI=1S/C25H54P.C2H7O3P/c1-5-8-11-14-17-20-23-26(4,24-21-18-15-12-9-6-2)25-22-19-16-13-10-7-3;1-5-6(2,3)4/h5-25H2,1-4H3;1-2H3,(H,3,4)/q+1;/p-1. The summed E-state index contributed by atoms with van der Waals surface area (Å²) in [6.07, 6.45) is 31.2. The van der Waals surface area contributed by atoms with Crippen LogP contribution in [-0.2, 0) is 9.09 Å². The maximum absolute atomic E-state index is 9.81. The van der Waals surface area contributed by atoms with E-state index in [1.807, 2.05) is 0 Å². The van der Waals surface area contributed by atoms with Crippen LogP contribution >= 0.6 is 14.9 Å². The van der Waals surface area contributed by atoms with E-state index in [0.29, 0.717) is 0 Å². The van der Waals surface area contributed by atoms with Gasteiger partial charge in [0.25, 0.3) is 0 Å². The number of unbranched alkanes of at least 4 members (excludes halogenated alkanes) is 15. The highest BCUT2D eigenvalue weighted by Gasteiger charge is 2.29. The third-order valence-corrected chi connectivity index (χ3v) is 11.3. The highest BCUT2D eigenvalue weighted by molar-refractivity contribution is 7.75. The van der Waals surface area contributed by atoms with Gasteiger partial charge in [0.2, 0.25) is 0 Å². The van der Waals surface area contributed by atoms with Gasteiger partial charge in [-0.15, -0.1) is 0 Å². The maximum atomic E-state index is 9.81. The van der Waals surface area contributed by atoms with E-state index in [1.54, 1.807) is 18.5 Å². The molecule has 0 saturated carbocycles. The molecule has 0 radical (unpaired) electrons. The lowest BCUT2D eigenvalue weighted by Crippen LogP contribution is -2.08. The molecule has 32 heavy (non-hydrogen) atoms. The van der Waals surface area contributed by atoms with Crippen molar-refractivity contribution < 1.29 is 14.0 Å². The Morgan fingerprint density at radius 3 is 1.03 bits per heavy atom. The Hall–Kier alpha value is 0.580.